The Kier molecular flexibility index (Phi) is 3.52. The van der Waals surface area contributed by atoms with Crippen molar-refractivity contribution >= 4 is 27.9 Å². The second-order valence-corrected chi connectivity index (χ2v) is 5.47. The number of hydrogen-bond donors (Lipinski definition) is 1. The number of carbonyl (C=O) groups excluding carboxylic acids is 1. The van der Waals surface area contributed by atoms with Crippen molar-refractivity contribution in [1.29, 1.82) is 0 Å². The smallest absolute Gasteiger partial charge is 0.230 e. The fourth-order valence-corrected chi connectivity index (χ4v) is 2.77. The second-order valence-electron chi connectivity index (χ2n) is 4.60. The summed E-state index contributed by atoms with van der Waals surface area (Å²) in [6.07, 6.45) is 5.13. The van der Waals surface area contributed by atoms with Crippen LogP contribution in [0.15, 0.2) is 42.0 Å². The molecule has 0 aliphatic rings. The van der Waals surface area contributed by atoms with Gasteiger partial charge in [-0.25, -0.2) is 4.98 Å². The van der Waals surface area contributed by atoms with Crippen LogP contribution in [0.25, 0.3) is 4.96 Å². The second kappa shape index (κ2) is 5.46. The summed E-state index contributed by atoms with van der Waals surface area (Å²) in [6, 6.07) is 7.93. The molecule has 1 amide bonds. The summed E-state index contributed by atoms with van der Waals surface area (Å²) in [5, 5.41) is 4.87. The third kappa shape index (κ3) is 2.72. The van der Waals surface area contributed by atoms with Crippen LogP contribution >= 0.6 is 11.3 Å². The number of thiazole rings is 1. The summed E-state index contributed by atoms with van der Waals surface area (Å²) in [7, 11) is 0. The Balaban J connectivity index is 1.65. The fourth-order valence-electron chi connectivity index (χ4n) is 2.05. The van der Waals surface area contributed by atoms with Crippen molar-refractivity contribution in [3.05, 3.63) is 53.3 Å². The average Bonchev–Trinajstić information content (AvgIpc) is 3.00. The minimum atomic E-state index is -0.0417. The third-order valence-corrected chi connectivity index (χ3v) is 3.90. The molecular weight excluding hydrogens is 270 g/mol. The van der Waals surface area contributed by atoms with Gasteiger partial charge in [0.15, 0.2) is 4.96 Å². The van der Waals surface area contributed by atoms with Crippen LogP contribution in [0.5, 0.6) is 0 Å². The van der Waals surface area contributed by atoms with E-state index >= 15 is 0 Å². The van der Waals surface area contributed by atoms with E-state index in [2.05, 4.69) is 17.2 Å². The summed E-state index contributed by atoms with van der Waals surface area (Å²) in [5.41, 5.74) is 2.88. The summed E-state index contributed by atoms with van der Waals surface area (Å²) in [6.45, 7) is 2.11. The molecule has 1 N–H and O–H groups in total. The van der Waals surface area contributed by atoms with Crippen LogP contribution in [0, 0.1) is 0 Å². The van der Waals surface area contributed by atoms with Gasteiger partial charge < -0.3 is 5.32 Å². The van der Waals surface area contributed by atoms with Gasteiger partial charge in [-0.15, -0.1) is 11.3 Å². The minimum Gasteiger partial charge on any atom is -0.326 e. The van der Waals surface area contributed by atoms with E-state index in [1.165, 1.54) is 5.56 Å². The predicted molar refractivity (Wildman–Crippen MR) is 81.2 cm³/mol. The van der Waals surface area contributed by atoms with E-state index in [1.54, 1.807) is 11.3 Å². The Bertz CT molecular complexity index is 699. The molecule has 5 heteroatoms. The SMILES string of the molecule is CCc1ccc(NC(=O)Cc2cn3ccsc3n2)cc1. The molecule has 3 aromatic rings. The summed E-state index contributed by atoms with van der Waals surface area (Å²) < 4.78 is 1.93. The molecule has 0 saturated carbocycles. The first-order valence-electron chi connectivity index (χ1n) is 6.54. The largest absolute Gasteiger partial charge is 0.326 e. The molecule has 1 aromatic carbocycles. The van der Waals surface area contributed by atoms with Gasteiger partial charge in [0.25, 0.3) is 0 Å². The van der Waals surface area contributed by atoms with Gasteiger partial charge in [-0.3, -0.25) is 9.20 Å². The van der Waals surface area contributed by atoms with Gasteiger partial charge in [0.2, 0.25) is 5.91 Å². The van der Waals surface area contributed by atoms with Crippen LogP contribution in [0.3, 0.4) is 0 Å². The zero-order chi connectivity index (χ0) is 13.9. The van der Waals surface area contributed by atoms with Gasteiger partial charge in [-0.1, -0.05) is 19.1 Å². The summed E-state index contributed by atoms with van der Waals surface area (Å²) in [5.74, 6) is -0.0417. The number of rotatable bonds is 4. The molecule has 0 radical (unpaired) electrons. The Morgan fingerprint density at radius 2 is 2.15 bits per heavy atom. The van der Waals surface area contributed by atoms with E-state index in [0.717, 1.165) is 22.8 Å². The third-order valence-electron chi connectivity index (χ3n) is 3.13. The number of fused-ring (bicyclic) bond motifs is 1. The highest BCUT2D eigenvalue weighted by Gasteiger charge is 2.08. The highest BCUT2D eigenvalue weighted by Crippen LogP contribution is 2.13. The molecule has 0 aliphatic carbocycles. The quantitative estimate of drug-likeness (QED) is 0.800. The number of benzene rings is 1. The van der Waals surface area contributed by atoms with E-state index < -0.39 is 0 Å². The van der Waals surface area contributed by atoms with E-state index in [4.69, 9.17) is 0 Å². The van der Waals surface area contributed by atoms with E-state index in [-0.39, 0.29) is 5.91 Å². The lowest BCUT2D eigenvalue weighted by Crippen LogP contribution is -2.14. The molecule has 3 rings (SSSR count). The number of hydrogen-bond acceptors (Lipinski definition) is 3. The first kappa shape index (κ1) is 12.9. The Morgan fingerprint density at radius 1 is 1.35 bits per heavy atom. The summed E-state index contributed by atoms with van der Waals surface area (Å²) in [4.78, 5) is 17.3. The van der Waals surface area contributed by atoms with Crippen LogP contribution < -0.4 is 5.32 Å². The van der Waals surface area contributed by atoms with E-state index in [1.807, 2.05) is 46.4 Å². The first-order chi connectivity index (χ1) is 9.74. The fraction of sp³-hybridized carbons (Fsp3) is 0.200. The Morgan fingerprint density at radius 3 is 2.85 bits per heavy atom. The van der Waals surface area contributed by atoms with Crippen molar-refractivity contribution in [3.63, 3.8) is 0 Å². The predicted octanol–water partition coefficient (Wildman–Crippen LogP) is 3.14. The number of aromatic nitrogens is 2. The lowest BCUT2D eigenvalue weighted by atomic mass is 10.1. The van der Waals surface area contributed by atoms with Crippen molar-refractivity contribution in [2.45, 2.75) is 19.8 Å². The molecule has 2 heterocycles. The van der Waals surface area contributed by atoms with Gasteiger partial charge in [0.1, 0.15) is 0 Å². The zero-order valence-electron chi connectivity index (χ0n) is 11.2. The van der Waals surface area contributed by atoms with Crippen molar-refractivity contribution in [2.75, 3.05) is 5.32 Å². The van der Waals surface area contributed by atoms with Crippen LogP contribution in [-0.4, -0.2) is 15.3 Å². The molecule has 102 valence electrons. The first-order valence-corrected chi connectivity index (χ1v) is 7.42. The standard InChI is InChI=1S/C15H15N3OS/c1-2-11-3-5-12(6-4-11)16-14(19)9-13-10-18-7-8-20-15(18)17-13/h3-8,10H,2,9H2,1H3,(H,16,19). The molecule has 20 heavy (non-hydrogen) atoms. The van der Waals surface area contributed by atoms with Gasteiger partial charge >= 0.3 is 0 Å². The number of imidazole rings is 1. The number of amides is 1. The van der Waals surface area contributed by atoms with Crippen molar-refractivity contribution in [2.24, 2.45) is 0 Å². The number of anilines is 1. The molecule has 0 unspecified atom stereocenters. The van der Waals surface area contributed by atoms with Crippen molar-refractivity contribution < 1.29 is 4.79 Å². The molecule has 2 aromatic heterocycles. The lowest BCUT2D eigenvalue weighted by Gasteiger charge is -2.04. The lowest BCUT2D eigenvalue weighted by molar-refractivity contribution is -0.115. The van der Waals surface area contributed by atoms with Crippen LogP contribution in [-0.2, 0) is 17.6 Å². The van der Waals surface area contributed by atoms with Gasteiger partial charge in [-0.05, 0) is 24.1 Å². The van der Waals surface area contributed by atoms with Crippen LogP contribution in [0.4, 0.5) is 5.69 Å². The van der Waals surface area contributed by atoms with Crippen LogP contribution in [0.2, 0.25) is 0 Å². The summed E-state index contributed by atoms with van der Waals surface area (Å²) >= 11 is 1.56. The topological polar surface area (TPSA) is 46.4 Å². The molecule has 0 bridgehead atoms. The highest BCUT2D eigenvalue weighted by molar-refractivity contribution is 7.15. The molecule has 0 saturated heterocycles. The van der Waals surface area contributed by atoms with Gasteiger partial charge in [0.05, 0.1) is 12.1 Å². The number of aryl methyl sites for hydroxylation is 1. The highest BCUT2D eigenvalue weighted by atomic mass is 32.1. The Hall–Kier alpha value is -2.14. The number of carbonyl (C=O) groups is 1. The molecule has 0 aliphatic heterocycles. The Labute approximate surface area is 121 Å². The van der Waals surface area contributed by atoms with Gasteiger partial charge in [-0.2, -0.15) is 0 Å². The maximum absolute atomic E-state index is 12.0. The van der Waals surface area contributed by atoms with Crippen molar-refractivity contribution in [3.8, 4) is 0 Å². The average molecular weight is 285 g/mol. The maximum atomic E-state index is 12.0. The maximum Gasteiger partial charge on any atom is 0.230 e. The molecule has 0 spiro atoms. The van der Waals surface area contributed by atoms with E-state index in [9.17, 15) is 4.79 Å². The monoisotopic (exact) mass is 285 g/mol. The van der Waals surface area contributed by atoms with Crippen LogP contribution in [0.1, 0.15) is 18.2 Å². The number of nitrogens with one attached hydrogen (secondary N) is 1. The molecule has 0 fully saturated rings. The number of nitrogens with zero attached hydrogens (tertiary/aromatic N) is 2. The van der Waals surface area contributed by atoms with Crippen molar-refractivity contribution in [1.82, 2.24) is 9.38 Å². The molecule has 0 atom stereocenters. The van der Waals surface area contributed by atoms with Gasteiger partial charge in [0, 0.05) is 23.5 Å². The molecule has 4 nitrogen and oxygen atoms in total. The zero-order valence-corrected chi connectivity index (χ0v) is 12.0. The molecular formula is C15H15N3OS. The minimum absolute atomic E-state index is 0.0417. The normalized spacial score (nSPS) is 10.8. The van der Waals surface area contributed by atoms with E-state index in [0.29, 0.717) is 6.42 Å².